The van der Waals surface area contributed by atoms with Gasteiger partial charge in [0.25, 0.3) is 0 Å². The molecule has 5 heteroatoms. The van der Waals surface area contributed by atoms with E-state index in [0.29, 0.717) is 0 Å². The first-order chi connectivity index (χ1) is 9.68. The molecule has 106 valence electrons. The van der Waals surface area contributed by atoms with Gasteiger partial charge in [-0.15, -0.1) is 0 Å². The molecule has 1 aliphatic heterocycles. The molecule has 1 fully saturated rings. The van der Waals surface area contributed by atoms with Crippen molar-refractivity contribution in [2.45, 2.75) is 0 Å². The van der Waals surface area contributed by atoms with Crippen LogP contribution in [0.1, 0.15) is 0 Å². The van der Waals surface area contributed by atoms with E-state index in [0.717, 1.165) is 53.5 Å². The third-order valence-corrected chi connectivity index (χ3v) is 4.02. The maximum absolute atomic E-state index is 6.47. The molecule has 0 amide bonds. The molecule has 0 radical (unpaired) electrons. The van der Waals surface area contributed by atoms with E-state index in [4.69, 9.17) is 11.6 Å². The van der Waals surface area contributed by atoms with Crippen molar-refractivity contribution in [1.29, 1.82) is 0 Å². The van der Waals surface area contributed by atoms with Crippen LogP contribution in [0.3, 0.4) is 0 Å². The Hall–Kier alpha value is -1.52. The second-order valence-electron chi connectivity index (χ2n) is 5.26. The lowest BCUT2D eigenvalue weighted by Gasteiger charge is -2.31. The molecule has 0 saturated carbocycles. The Balaban J connectivity index is 2.20. The van der Waals surface area contributed by atoms with Gasteiger partial charge in [0.05, 0.1) is 16.9 Å². The van der Waals surface area contributed by atoms with Gasteiger partial charge in [0, 0.05) is 51.0 Å². The average Bonchev–Trinajstić information content (AvgIpc) is 2.47. The molecule has 0 bridgehead atoms. The van der Waals surface area contributed by atoms with Crippen LogP contribution >= 0.6 is 11.6 Å². The number of anilines is 2. The highest BCUT2D eigenvalue weighted by molar-refractivity contribution is 6.37. The van der Waals surface area contributed by atoms with E-state index in [1.54, 1.807) is 0 Å². The second-order valence-corrected chi connectivity index (χ2v) is 5.67. The molecule has 20 heavy (non-hydrogen) atoms. The number of halogens is 1. The summed E-state index contributed by atoms with van der Waals surface area (Å²) >= 11 is 6.47. The summed E-state index contributed by atoms with van der Waals surface area (Å²) < 4.78 is 0. The fourth-order valence-electron chi connectivity index (χ4n) is 2.73. The number of hydrogen-bond acceptors (Lipinski definition) is 4. The van der Waals surface area contributed by atoms with Crippen molar-refractivity contribution in [3.8, 4) is 0 Å². The minimum atomic E-state index is 0.793. The Morgan fingerprint density at radius 3 is 2.70 bits per heavy atom. The zero-order valence-corrected chi connectivity index (χ0v) is 12.6. The number of rotatable bonds is 2. The molecule has 1 saturated heterocycles. The molecule has 1 aromatic carbocycles. The largest absolute Gasteiger partial charge is 0.367 e. The summed E-state index contributed by atoms with van der Waals surface area (Å²) in [4.78, 5) is 9.01. The zero-order chi connectivity index (χ0) is 14.1. The Labute approximate surface area is 124 Å². The summed E-state index contributed by atoms with van der Waals surface area (Å²) in [5, 5.41) is 6.38. The van der Waals surface area contributed by atoms with Crippen LogP contribution in [0.5, 0.6) is 0 Å². The molecular formula is C15H19ClN4. The van der Waals surface area contributed by atoms with Gasteiger partial charge in [-0.05, 0) is 6.07 Å². The maximum atomic E-state index is 6.47. The van der Waals surface area contributed by atoms with Crippen molar-refractivity contribution in [2.24, 2.45) is 0 Å². The quantitative estimate of drug-likeness (QED) is 0.920. The lowest BCUT2D eigenvalue weighted by Crippen LogP contribution is -2.43. The Morgan fingerprint density at radius 1 is 1.25 bits per heavy atom. The number of hydrogen-bond donors (Lipinski definition) is 1. The van der Waals surface area contributed by atoms with E-state index < -0.39 is 0 Å². The van der Waals surface area contributed by atoms with Crippen molar-refractivity contribution in [2.75, 3.05) is 50.1 Å². The van der Waals surface area contributed by atoms with E-state index in [-0.39, 0.29) is 0 Å². The van der Waals surface area contributed by atoms with Crippen LogP contribution in [0.2, 0.25) is 5.02 Å². The number of fused-ring (bicyclic) bond motifs is 1. The first kappa shape index (κ1) is 13.5. The first-order valence-electron chi connectivity index (χ1n) is 6.88. The van der Waals surface area contributed by atoms with Crippen LogP contribution in [0.25, 0.3) is 10.8 Å². The number of nitrogens with one attached hydrogen (secondary N) is 1. The highest BCUT2D eigenvalue weighted by Crippen LogP contribution is 2.36. The fourth-order valence-corrected chi connectivity index (χ4v) is 3.00. The second kappa shape index (κ2) is 5.46. The van der Waals surface area contributed by atoms with Crippen LogP contribution < -0.4 is 15.1 Å². The van der Waals surface area contributed by atoms with Crippen molar-refractivity contribution in [3.63, 3.8) is 0 Å². The summed E-state index contributed by atoms with van der Waals surface area (Å²) in [6.45, 7) is 3.98. The van der Waals surface area contributed by atoms with Crippen molar-refractivity contribution in [3.05, 3.63) is 29.4 Å². The van der Waals surface area contributed by atoms with E-state index in [9.17, 15) is 0 Å². The van der Waals surface area contributed by atoms with Crippen LogP contribution in [0, 0.1) is 0 Å². The van der Waals surface area contributed by atoms with Gasteiger partial charge in [-0.25, -0.2) is 4.98 Å². The Morgan fingerprint density at radius 2 is 2.00 bits per heavy atom. The van der Waals surface area contributed by atoms with Crippen LogP contribution in [0.4, 0.5) is 11.5 Å². The van der Waals surface area contributed by atoms with Gasteiger partial charge >= 0.3 is 0 Å². The van der Waals surface area contributed by atoms with E-state index in [2.05, 4.69) is 21.3 Å². The van der Waals surface area contributed by atoms with E-state index in [1.807, 2.05) is 37.3 Å². The molecule has 1 aromatic heterocycles. The smallest absolute Gasteiger partial charge is 0.136 e. The lowest BCUT2D eigenvalue weighted by atomic mass is 10.1. The van der Waals surface area contributed by atoms with E-state index >= 15 is 0 Å². The van der Waals surface area contributed by atoms with Gasteiger partial charge in [0.1, 0.15) is 5.82 Å². The molecular weight excluding hydrogens is 272 g/mol. The van der Waals surface area contributed by atoms with Crippen LogP contribution in [-0.4, -0.2) is 45.3 Å². The summed E-state index contributed by atoms with van der Waals surface area (Å²) in [6, 6.07) is 6.03. The molecule has 0 aliphatic carbocycles. The van der Waals surface area contributed by atoms with Crippen molar-refractivity contribution in [1.82, 2.24) is 10.3 Å². The Kier molecular flexibility index (Phi) is 3.68. The fraction of sp³-hybridized carbons (Fsp3) is 0.400. The highest BCUT2D eigenvalue weighted by Gasteiger charge is 2.17. The molecule has 0 unspecified atom stereocenters. The number of pyridine rings is 1. The molecule has 0 spiro atoms. The van der Waals surface area contributed by atoms with Crippen molar-refractivity contribution >= 4 is 33.9 Å². The van der Waals surface area contributed by atoms with Gasteiger partial charge < -0.3 is 15.1 Å². The molecule has 2 heterocycles. The number of benzene rings is 1. The zero-order valence-electron chi connectivity index (χ0n) is 11.9. The number of piperazine rings is 1. The lowest BCUT2D eigenvalue weighted by molar-refractivity contribution is 0.590. The summed E-state index contributed by atoms with van der Waals surface area (Å²) in [6.07, 6.45) is 1.95. The molecule has 2 aromatic rings. The molecule has 1 aliphatic rings. The topological polar surface area (TPSA) is 31.4 Å². The van der Waals surface area contributed by atoms with Gasteiger partial charge in [0.15, 0.2) is 0 Å². The van der Waals surface area contributed by atoms with Gasteiger partial charge in [-0.1, -0.05) is 23.7 Å². The molecule has 0 atom stereocenters. The average molecular weight is 291 g/mol. The van der Waals surface area contributed by atoms with Gasteiger partial charge in [0.2, 0.25) is 0 Å². The number of aromatic nitrogens is 1. The highest BCUT2D eigenvalue weighted by atomic mass is 35.5. The Bertz CT molecular complexity index is 621. The predicted molar refractivity (Wildman–Crippen MR) is 86.2 cm³/mol. The van der Waals surface area contributed by atoms with Crippen molar-refractivity contribution < 1.29 is 0 Å². The normalized spacial score (nSPS) is 15.7. The summed E-state index contributed by atoms with van der Waals surface area (Å²) in [5.41, 5.74) is 1.14. The standard InChI is InChI=1S/C15H19ClN4/c1-19(2)15-11-4-3-5-12(16)14(11)13(10-18-15)20-8-6-17-7-9-20/h3-5,10,17H,6-9H2,1-2H3. The maximum Gasteiger partial charge on any atom is 0.136 e. The summed E-state index contributed by atoms with van der Waals surface area (Å²) in [7, 11) is 4.01. The third-order valence-electron chi connectivity index (χ3n) is 3.70. The predicted octanol–water partition coefficient (Wildman–Crippen LogP) is 2.36. The third kappa shape index (κ3) is 2.30. The van der Waals surface area contributed by atoms with Crippen LogP contribution in [-0.2, 0) is 0 Å². The minimum absolute atomic E-state index is 0.793. The first-order valence-corrected chi connectivity index (χ1v) is 7.26. The minimum Gasteiger partial charge on any atom is -0.367 e. The van der Waals surface area contributed by atoms with Gasteiger partial charge in [-0.2, -0.15) is 0 Å². The number of nitrogens with zero attached hydrogens (tertiary/aromatic N) is 3. The molecule has 1 N–H and O–H groups in total. The molecule has 3 rings (SSSR count). The summed E-state index contributed by atoms with van der Waals surface area (Å²) in [5.74, 6) is 0.960. The monoisotopic (exact) mass is 290 g/mol. The van der Waals surface area contributed by atoms with Gasteiger partial charge in [-0.3, -0.25) is 0 Å². The van der Waals surface area contributed by atoms with E-state index in [1.165, 1.54) is 0 Å². The SMILES string of the molecule is CN(C)c1ncc(N2CCNCC2)c2c(Cl)cccc12. The van der Waals surface area contributed by atoms with Crippen LogP contribution in [0.15, 0.2) is 24.4 Å². The molecule has 4 nitrogen and oxygen atoms in total.